The van der Waals surface area contributed by atoms with Gasteiger partial charge in [0.25, 0.3) is 0 Å². The molecule has 0 aromatic rings. The lowest BCUT2D eigenvalue weighted by molar-refractivity contribution is -0.0130. The Morgan fingerprint density at radius 1 is 1.47 bits per heavy atom. The second kappa shape index (κ2) is 5.28. The van der Waals surface area contributed by atoms with Crippen molar-refractivity contribution in [2.24, 2.45) is 5.41 Å². The number of piperidine rings is 1. The van der Waals surface area contributed by atoms with Crippen molar-refractivity contribution in [1.82, 2.24) is 4.90 Å². The third-order valence-electron chi connectivity index (χ3n) is 3.23. The van der Waals surface area contributed by atoms with Crippen molar-refractivity contribution in [3.8, 4) is 0 Å². The van der Waals surface area contributed by atoms with E-state index < -0.39 is 0 Å². The standard InChI is InChI=1S/C12H25NO2/c1-12(2,3)11(14)9-13-7-5-6-10(8-13)15-4/h10-11,14H,5-9H2,1-4H3. The van der Waals surface area contributed by atoms with Gasteiger partial charge in [0.1, 0.15) is 0 Å². The summed E-state index contributed by atoms with van der Waals surface area (Å²) in [4.78, 5) is 2.31. The van der Waals surface area contributed by atoms with Crippen LogP contribution >= 0.6 is 0 Å². The zero-order valence-electron chi connectivity index (χ0n) is 10.5. The lowest BCUT2D eigenvalue weighted by atomic mass is 9.88. The Balaban J connectivity index is 2.38. The van der Waals surface area contributed by atoms with Crippen LogP contribution in [0.1, 0.15) is 33.6 Å². The fourth-order valence-corrected chi connectivity index (χ4v) is 1.89. The Hall–Kier alpha value is -0.120. The number of rotatable bonds is 3. The number of aliphatic hydroxyl groups excluding tert-OH is 1. The number of ether oxygens (including phenoxy) is 1. The van der Waals surface area contributed by atoms with E-state index in [0.29, 0.717) is 6.10 Å². The Morgan fingerprint density at radius 3 is 2.67 bits per heavy atom. The van der Waals surface area contributed by atoms with E-state index in [-0.39, 0.29) is 11.5 Å². The van der Waals surface area contributed by atoms with Gasteiger partial charge in [-0.1, -0.05) is 20.8 Å². The van der Waals surface area contributed by atoms with E-state index in [1.807, 2.05) is 0 Å². The monoisotopic (exact) mass is 215 g/mol. The van der Waals surface area contributed by atoms with Gasteiger partial charge in [-0.2, -0.15) is 0 Å². The molecule has 3 nitrogen and oxygen atoms in total. The molecular weight excluding hydrogens is 190 g/mol. The molecule has 15 heavy (non-hydrogen) atoms. The molecule has 90 valence electrons. The van der Waals surface area contributed by atoms with Crippen molar-refractivity contribution < 1.29 is 9.84 Å². The third kappa shape index (κ3) is 4.09. The van der Waals surface area contributed by atoms with Gasteiger partial charge >= 0.3 is 0 Å². The SMILES string of the molecule is COC1CCCN(CC(O)C(C)(C)C)C1. The Bertz CT molecular complexity index is 189. The number of nitrogens with zero attached hydrogens (tertiary/aromatic N) is 1. The van der Waals surface area contributed by atoms with Gasteiger partial charge in [0, 0.05) is 20.2 Å². The smallest absolute Gasteiger partial charge is 0.0715 e. The first kappa shape index (κ1) is 12.9. The number of β-amino-alcohol motifs (C(OH)–C–C–N with tert-alkyl or cyclic N) is 1. The average molecular weight is 215 g/mol. The van der Waals surface area contributed by atoms with Gasteiger partial charge in [-0.05, 0) is 24.8 Å². The van der Waals surface area contributed by atoms with E-state index in [1.165, 1.54) is 6.42 Å². The molecule has 0 aliphatic carbocycles. The van der Waals surface area contributed by atoms with Gasteiger partial charge in [0.05, 0.1) is 12.2 Å². The van der Waals surface area contributed by atoms with E-state index in [0.717, 1.165) is 26.1 Å². The van der Waals surface area contributed by atoms with Gasteiger partial charge in [-0.3, -0.25) is 4.90 Å². The number of hydrogen-bond acceptors (Lipinski definition) is 3. The highest BCUT2D eigenvalue weighted by Crippen LogP contribution is 2.21. The topological polar surface area (TPSA) is 32.7 Å². The summed E-state index contributed by atoms with van der Waals surface area (Å²) < 4.78 is 5.37. The highest BCUT2D eigenvalue weighted by molar-refractivity contribution is 4.80. The van der Waals surface area contributed by atoms with E-state index in [2.05, 4.69) is 25.7 Å². The lowest BCUT2D eigenvalue weighted by Gasteiger charge is -2.36. The van der Waals surface area contributed by atoms with Gasteiger partial charge in [0.2, 0.25) is 0 Å². The van der Waals surface area contributed by atoms with E-state index in [9.17, 15) is 5.11 Å². The summed E-state index contributed by atoms with van der Waals surface area (Å²) in [6.07, 6.45) is 2.42. The summed E-state index contributed by atoms with van der Waals surface area (Å²) in [7, 11) is 1.77. The molecular formula is C12H25NO2. The molecule has 0 amide bonds. The highest BCUT2D eigenvalue weighted by atomic mass is 16.5. The molecule has 1 aliphatic rings. The van der Waals surface area contributed by atoms with Crippen LogP contribution in [0.25, 0.3) is 0 Å². The van der Waals surface area contributed by atoms with Crippen LogP contribution in [0.15, 0.2) is 0 Å². The van der Waals surface area contributed by atoms with Gasteiger partial charge in [-0.25, -0.2) is 0 Å². The molecule has 0 saturated carbocycles. The predicted molar refractivity (Wildman–Crippen MR) is 61.9 cm³/mol. The molecule has 0 radical (unpaired) electrons. The first-order chi connectivity index (χ1) is 6.93. The van der Waals surface area contributed by atoms with Gasteiger partial charge in [0.15, 0.2) is 0 Å². The molecule has 0 spiro atoms. The van der Waals surface area contributed by atoms with E-state index in [4.69, 9.17) is 4.74 Å². The number of methoxy groups -OCH3 is 1. The fraction of sp³-hybridized carbons (Fsp3) is 1.00. The summed E-state index contributed by atoms with van der Waals surface area (Å²) in [5.74, 6) is 0. The van der Waals surface area contributed by atoms with Crippen LogP contribution < -0.4 is 0 Å². The Labute approximate surface area is 93.4 Å². The molecule has 1 rings (SSSR count). The molecule has 0 aromatic carbocycles. The van der Waals surface area contributed by atoms with Crippen LogP contribution in [0.3, 0.4) is 0 Å². The molecule has 1 fully saturated rings. The number of hydrogen-bond donors (Lipinski definition) is 1. The van der Waals surface area contributed by atoms with Crippen molar-refractivity contribution in [2.45, 2.75) is 45.8 Å². The van der Waals surface area contributed by atoms with Crippen LogP contribution in [-0.4, -0.2) is 49.0 Å². The minimum atomic E-state index is -0.256. The zero-order chi connectivity index (χ0) is 11.5. The first-order valence-electron chi connectivity index (χ1n) is 5.86. The highest BCUT2D eigenvalue weighted by Gasteiger charge is 2.27. The normalized spacial score (nSPS) is 26.6. The minimum absolute atomic E-state index is 0.0278. The van der Waals surface area contributed by atoms with Crippen LogP contribution in [0, 0.1) is 5.41 Å². The van der Waals surface area contributed by atoms with Crippen LogP contribution in [0.2, 0.25) is 0 Å². The molecule has 1 saturated heterocycles. The summed E-state index contributed by atoms with van der Waals surface area (Å²) in [5, 5.41) is 10.0. The van der Waals surface area contributed by atoms with Gasteiger partial charge < -0.3 is 9.84 Å². The maximum absolute atomic E-state index is 10.0. The molecule has 2 unspecified atom stereocenters. The van der Waals surface area contributed by atoms with Crippen molar-refractivity contribution in [1.29, 1.82) is 0 Å². The maximum Gasteiger partial charge on any atom is 0.0715 e. The Morgan fingerprint density at radius 2 is 2.13 bits per heavy atom. The van der Waals surface area contributed by atoms with Crippen LogP contribution in [0.4, 0.5) is 0 Å². The molecule has 2 atom stereocenters. The van der Waals surface area contributed by atoms with Crippen molar-refractivity contribution in [3.05, 3.63) is 0 Å². The Kier molecular flexibility index (Phi) is 4.56. The van der Waals surface area contributed by atoms with Crippen molar-refractivity contribution in [3.63, 3.8) is 0 Å². The van der Waals surface area contributed by atoms with E-state index in [1.54, 1.807) is 7.11 Å². The lowest BCUT2D eigenvalue weighted by Crippen LogP contribution is -2.45. The minimum Gasteiger partial charge on any atom is -0.391 e. The molecule has 0 aromatic heterocycles. The fourth-order valence-electron chi connectivity index (χ4n) is 1.89. The predicted octanol–water partition coefficient (Wildman–Crippen LogP) is 1.50. The quantitative estimate of drug-likeness (QED) is 0.774. The number of aliphatic hydroxyl groups is 1. The van der Waals surface area contributed by atoms with Crippen molar-refractivity contribution in [2.75, 3.05) is 26.7 Å². The second-order valence-electron chi connectivity index (χ2n) is 5.64. The van der Waals surface area contributed by atoms with Crippen molar-refractivity contribution >= 4 is 0 Å². The summed E-state index contributed by atoms with van der Waals surface area (Å²) in [6, 6.07) is 0. The average Bonchev–Trinajstić information content (AvgIpc) is 2.16. The molecule has 0 bridgehead atoms. The molecule has 1 aliphatic heterocycles. The summed E-state index contributed by atoms with van der Waals surface area (Å²) >= 11 is 0. The maximum atomic E-state index is 10.0. The molecule has 1 heterocycles. The summed E-state index contributed by atoms with van der Waals surface area (Å²) in [6.45, 7) is 9.06. The second-order valence-corrected chi connectivity index (χ2v) is 5.64. The summed E-state index contributed by atoms with van der Waals surface area (Å²) in [5.41, 5.74) is -0.0278. The van der Waals surface area contributed by atoms with Crippen LogP contribution in [0.5, 0.6) is 0 Å². The van der Waals surface area contributed by atoms with E-state index >= 15 is 0 Å². The molecule has 3 heteroatoms. The first-order valence-corrected chi connectivity index (χ1v) is 5.86. The third-order valence-corrected chi connectivity index (χ3v) is 3.23. The van der Waals surface area contributed by atoms with Gasteiger partial charge in [-0.15, -0.1) is 0 Å². The largest absolute Gasteiger partial charge is 0.391 e. The number of likely N-dealkylation sites (tertiary alicyclic amines) is 1. The zero-order valence-corrected chi connectivity index (χ0v) is 10.5. The molecule has 1 N–H and O–H groups in total. The van der Waals surface area contributed by atoms with Crippen LogP contribution in [-0.2, 0) is 4.74 Å².